The molecule has 1 atom stereocenters. The van der Waals surface area contributed by atoms with Gasteiger partial charge >= 0.3 is 6.29 Å². The van der Waals surface area contributed by atoms with E-state index in [0.717, 1.165) is 52.0 Å². The van der Waals surface area contributed by atoms with Gasteiger partial charge in [0.25, 0.3) is 5.52 Å². The molecule has 3 aliphatic heterocycles. The summed E-state index contributed by atoms with van der Waals surface area (Å²) in [4.78, 5) is 12.4. The van der Waals surface area contributed by atoms with E-state index in [0.29, 0.717) is 10.5 Å². The zero-order valence-corrected chi connectivity index (χ0v) is 14.4. The molecule has 1 aromatic carbocycles. The normalized spacial score (nSPS) is 27.8. The van der Waals surface area contributed by atoms with Crippen molar-refractivity contribution in [1.82, 2.24) is 9.90 Å². The Morgan fingerprint density at radius 2 is 1.88 bits per heavy atom. The van der Waals surface area contributed by atoms with Crippen LogP contribution in [0.1, 0.15) is 19.1 Å². The number of fused-ring (bicyclic) bond motifs is 1. The molecule has 7 nitrogen and oxygen atoms in total. The van der Waals surface area contributed by atoms with Crippen molar-refractivity contribution in [3.63, 3.8) is 0 Å². The van der Waals surface area contributed by atoms with Gasteiger partial charge in [0.05, 0.1) is 30.8 Å². The maximum absolute atomic E-state index is 12.4. The number of nitrogens with zero attached hydrogens (tertiary/aromatic N) is 4. The number of ether oxygens (including phenoxy) is 1. The second-order valence-electron chi connectivity index (χ2n) is 7.54. The molecule has 24 heavy (non-hydrogen) atoms. The van der Waals surface area contributed by atoms with Crippen LogP contribution in [0.2, 0.25) is 5.02 Å². The second-order valence-corrected chi connectivity index (χ2v) is 7.97. The Morgan fingerprint density at radius 3 is 2.62 bits per heavy atom. The van der Waals surface area contributed by atoms with Crippen molar-refractivity contribution in [3.8, 4) is 0 Å². The summed E-state index contributed by atoms with van der Waals surface area (Å²) in [7, 11) is 0. The number of aromatic nitrogens is 3. The molecule has 0 amide bonds. The lowest BCUT2D eigenvalue weighted by atomic mass is 10.1. The van der Waals surface area contributed by atoms with Gasteiger partial charge in [-0.25, -0.2) is 0 Å². The number of benzene rings is 1. The first-order valence-corrected chi connectivity index (χ1v) is 9.13. The van der Waals surface area contributed by atoms with Crippen molar-refractivity contribution < 1.29 is 18.2 Å². The average molecular weight is 353 g/mol. The summed E-state index contributed by atoms with van der Waals surface area (Å²) < 4.78 is 10.7. The number of hydrogen-bond acceptors (Lipinski definition) is 2. The number of morpholine rings is 1. The van der Waals surface area contributed by atoms with Crippen LogP contribution < -0.4 is 4.54 Å². The predicted molar refractivity (Wildman–Crippen MR) is 88.6 cm³/mol. The first kappa shape index (κ1) is 14.9. The van der Waals surface area contributed by atoms with Crippen molar-refractivity contribution in [1.29, 1.82) is 0 Å². The number of halogens is 1. The monoisotopic (exact) mass is 352 g/mol. The molecule has 2 spiro atoms. The smallest absolute Gasteiger partial charge is 0.370 e. The second kappa shape index (κ2) is 5.05. The summed E-state index contributed by atoms with van der Waals surface area (Å²) in [5, 5.41) is 3.64. The van der Waals surface area contributed by atoms with Gasteiger partial charge in [0.1, 0.15) is 13.1 Å². The molecule has 3 saturated heterocycles. The molecule has 1 unspecified atom stereocenters. The Bertz CT molecular complexity index is 848. The molecule has 1 N–H and O–H groups in total. The first-order chi connectivity index (χ1) is 11.6. The molecule has 0 bridgehead atoms. The van der Waals surface area contributed by atoms with Crippen LogP contribution >= 0.6 is 11.6 Å². The summed E-state index contributed by atoms with van der Waals surface area (Å²) in [6.45, 7) is 7.21. The van der Waals surface area contributed by atoms with E-state index >= 15 is 0 Å². The fraction of sp³-hybridized carbons (Fsp3) is 0.625. The summed E-state index contributed by atoms with van der Waals surface area (Å²) in [5.41, 5.74) is 1.55. The molecule has 1 aromatic heterocycles. The lowest BCUT2D eigenvalue weighted by Crippen LogP contribution is -2.82. The van der Waals surface area contributed by atoms with E-state index in [4.69, 9.17) is 16.3 Å². The van der Waals surface area contributed by atoms with E-state index < -0.39 is 0 Å². The summed E-state index contributed by atoms with van der Waals surface area (Å²) in [5.74, 6) is 0. The topological polar surface area (TPSA) is 52.9 Å². The highest BCUT2D eigenvalue weighted by molar-refractivity contribution is 6.31. The van der Waals surface area contributed by atoms with Crippen molar-refractivity contribution in [2.45, 2.75) is 19.1 Å². The van der Waals surface area contributed by atoms with Gasteiger partial charge in [-0.2, -0.15) is 8.97 Å². The highest BCUT2D eigenvalue weighted by Crippen LogP contribution is 2.48. The highest BCUT2D eigenvalue weighted by Gasteiger charge is 2.71. The number of hydrogen-bond donors (Lipinski definition) is 1. The molecule has 5 rings (SSSR count). The van der Waals surface area contributed by atoms with Crippen LogP contribution in [0.3, 0.4) is 0 Å². The Labute approximate surface area is 144 Å². The van der Waals surface area contributed by atoms with Gasteiger partial charge in [0.15, 0.2) is 0 Å². The Balaban J connectivity index is 1.68. The van der Waals surface area contributed by atoms with E-state index in [1.54, 1.807) is 6.07 Å². The molecule has 3 aliphatic rings. The van der Waals surface area contributed by atoms with Crippen molar-refractivity contribution in [3.05, 3.63) is 28.1 Å². The van der Waals surface area contributed by atoms with E-state index in [9.17, 15) is 4.91 Å². The Hall–Kier alpha value is -1.41. The van der Waals surface area contributed by atoms with Gasteiger partial charge in [0, 0.05) is 23.9 Å². The largest absolute Gasteiger partial charge is 0.389 e. The van der Waals surface area contributed by atoms with Crippen molar-refractivity contribution in [2.24, 2.45) is 0 Å². The molecule has 0 saturated carbocycles. The fourth-order valence-corrected chi connectivity index (χ4v) is 5.45. The summed E-state index contributed by atoms with van der Waals surface area (Å²) in [6, 6.07) is 5.57. The fourth-order valence-electron chi connectivity index (χ4n) is 5.28. The molecule has 2 aromatic rings. The number of nitrogens with one attached hydrogen (secondary N) is 1. The molecule has 0 aliphatic carbocycles. The number of rotatable bonds is 1. The number of H-pyrrole nitrogens is 1. The quantitative estimate of drug-likeness (QED) is 0.623. The molecular formula is C16H23ClN5O2+3. The average Bonchev–Trinajstić information content (AvgIpc) is 3.15. The molecule has 3 fully saturated rings. The van der Waals surface area contributed by atoms with Gasteiger partial charge in [-0.3, -0.25) is 0 Å². The Kier molecular flexibility index (Phi) is 3.13. The van der Waals surface area contributed by atoms with Crippen LogP contribution in [-0.2, 0) is 4.74 Å². The first-order valence-electron chi connectivity index (χ1n) is 8.75. The van der Waals surface area contributed by atoms with E-state index in [1.807, 2.05) is 12.1 Å². The maximum atomic E-state index is 12.4. The van der Waals surface area contributed by atoms with E-state index in [2.05, 4.69) is 9.90 Å². The minimum atomic E-state index is 0.246. The number of aromatic amines is 1. The van der Waals surface area contributed by atoms with Gasteiger partial charge in [-0.15, -0.1) is 0 Å². The molecule has 128 valence electrons. The third-order valence-corrected chi connectivity index (χ3v) is 6.44. The van der Waals surface area contributed by atoms with E-state index in [-0.39, 0.29) is 6.29 Å². The third-order valence-electron chi connectivity index (χ3n) is 6.21. The Morgan fingerprint density at radius 1 is 1.17 bits per heavy atom. The molecule has 0 radical (unpaired) electrons. The van der Waals surface area contributed by atoms with Crippen LogP contribution in [0.5, 0.6) is 0 Å². The van der Waals surface area contributed by atoms with Gasteiger partial charge in [0.2, 0.25) is 12.2 Å². The SMILES string of the molecule is O=[n+]1[nH]n(C2[N+]3(CCCC3)C[N+]23CCOCC3)c2ccc(Cl)cc21. The van der Waals surface area contributed by atoms with Crippen molar-refractivity contribution >= 4 is 22.6 Å². The lowest BCUT2D eigenvalue weighted by molar-refractivity contribution is -1.31. The van der Waals surface area contributed by atoms with Crippen LogP contribution in [0.4, 0.5) is 0 Å². The van der Waals surface area contributed by atoms with Crippen molar-refractivity contribution in [2.75, 3.05) is 46.1 Å². The lowest BCUT2D eigenvalue weighted by Gasteiger charge is -2.59. The predicted octanol–water partition coefficient (Wildman–Crippen LogP) is 1.42. The van der Waals surface area contributed by atoms with Crippen LogP contribution in [-0.4, -0.2) is 64.9 Å². The molecule has 4 heterocycles. The molecule has 8 heteroatoms. The summed E-state index contributed by atoms with van der Waals surface area (Å²) in [6.07, 6.45) is 2.79. The minimum Gasteiger partial charge on any atom is -0.370 e. The standard InChI is InChI=1S/C16H23ClN5O2/c17-13-3-4-14-15(11-13)20(23)18-19(14)16-21(5-1-2-6-21)12-22(16)7-9-24-10-8-22/h3-4,11,16H,1-2,5-10,12H2,(H,18,23)/q+3. The molecular weight excluding hydrogens is 330 g/mol. The minimum absolute atomic E-state index is 0.246. The highest BCUT2D eigenvalue weighted by atomic mass is 35.5. The zero-order chi connectivity index (χ0) is 16.4. The van der Waals surface area contributed by atoms with Gasteiger partial charge < -0.3 is 4.74 Å². The van der Waals surface area contributed by atoms with E-state index in [1.165, 1.54) is 25.9 Å². The van der Waals surface area contributed by atoms with Gasteiger partial charge in [-0.1, -0.05) is 11.6 Å². The maximum Gasteiger partial charge on any atom is 0.389 e. The van der Waals surface area contributed by atoms with Crippen LogP contribution in [0, 0.1) is 4.91 Å². The number of quaternary nitrogens is 2. The summed E-state index contributed by atoms with van der Waals surface area (Å²) >= 11 is 6.09. The van der Waals surface area contributed by atoms with Crippen LogP contribution in [0.15, 0.2) is 18.2 Å². The zero-order valence-electron chi connectivity index (χ0n) is 13.7. The third kappa shape index (κ3) is 1.89. The van der Waals surface area contributed by atoms with Gasteiger partial charge in [-0.05, 0) is 26.9 Å². The van der Waals surface area contributed by atoms with Crippen LogP contribution in [0.25, 0.3) is 11.0 Å².